The number of carbonyl (C=O) groups is 1. The number of fused-ring (bicyclic) bond motifs is 1. The lowest BCUT2D eigenvalue weighted by atomic mass is 9.97. The fraction of sp³-hybridized carbons (Fsp3) is 0.588. The van der Waals surface area contributed by atoms with E-state index in [-0.39, 0.29) is 18.3 Å². The largest absolute Gasteiger partial charge is 0.319 e. The summed E-state index contributed by atoms with van der Waals surface area (Å²) in [6.45, 7) is 4.57. The number of amides is 1. The van der Waals surface area contributed by atoms with Gasteiger partial charge < -0.3 is 10.2 Å². The summed E-state index contributed by atoms with van der Waals surface area (Å²) in [6.07, 6.45) is 2.39. The minimum absolute atomic E-state index is 0. The number of thioether (sulfide) groups is 1. The number of rotatable bonds is 4. The van der Waals surface area contributed by atoms with E-state index in [0.717, 1.165) is 43.5 Å². The van der Waals surface area contributed by atoms with E-state index in [1.807, 2.05) is 35.8 Å². The highest BCUT2D eigenvalue weighted by molar-refractivity contribution is 7.99. The van der Waals surface area contributed by atoms with Gasteiger partial charge in [0, 0.05) is 17.2 Å². The molecule has 1 aromatic carbocycles. The number of halogens is 1. The number of para-hydroxylation sites is 1. The van der Waals surface area contributed by atoms with Crippen LogP contribution in [0.25, 0.3) is 0 Å². The SMILES string of the molecule is CNCC1CCN(CC(=O)N2CCSc3ccccc32)CC1.Cl. The quantitative estimate of drug-likeness (QED) is 0.900. The number of carbonyl (C=O) groups excluding carboxylic acids is 1. The lowest BCUT2D eigenvalue weighted by Crippen LogP contribution is -2.45. The number of hydrogen-bond donors (Lipinski definition) is 1. The molecule has 0 aliphatic carbocycles. The van der Waals surface area contributed by atoms with Crippen molar-refractivity contribution >= 4 is 35.8 Å². The maximum Gasteiger partial charge on any atom is 0.241 e. The summed E-state index contributed by atoms with van der Waals surface area (Å²) in [5.41, 5.74) is 1.09. The second-order valence-electron chi connectivity index (χ2n) is 6.14. The normalized spacial score (nSPS) is 19.1. The first-order chi connectivity index (χ1) is 10.8. The molecule has 0 aromatic heterocycles. The van der Waals surface area contributed by atoms with Crippen LogP contribution in [0, 0.1) is 5.92 Å². The zero-order valence-electron chi connectivity index (χ0n) is 13.7. The van der Waals surface area contributed by atoms with Gasteiger partial charge in [-0.1, -0.05) is 12.1 Å². The van der Waals surface area contributed by atoms with Gasteiger partial charge in [-0.3, -0.25) is 9.69 Å². The first kappa shape index (κ1) is 18.6. The molecule has 0 unspecified atom stereocenters. The van der Waals surface area contributed by atoms with Crippen molar-refractivity contribution in [2.45, 2.75) is 17.7 Å². The highest BCUT2D eigenvalue weighted by Gasteiger charge is 2.26. The van der Waals surface area contributed by atoms with Gasteiger partial charge in [0.2, 0.25) is 5.91 Å². The Morgan fingerprint density at radius 3 is 2.74 bits per heavy atom. The minimum Gasteiger partial charge on any atom is -0.319 e. The zero-order valence-corrected chi connectivity index (χ0v) is 15.3. The molecule has 2 heterocycles. The Morgan fingerprint density at radius 1 is 1.26 bits per heavy atom. The summed E-state index contributed by atoms with van der Waals surface area (Å²) in [4.78, 5) is 18.2. The average molecular weight is 356 g/mol. The lowest BCUT2D eigenvalue weighted by molar-refractivity contribution is -0.120. The Labute approximate surface area is 149 Å². The number of anilines is 1. The Hall–Kier alpha value is -0.750. The molecule has 2 aliphatic rings. The van der Waals surface area contributed by atoms with Gasteiger partial charge in [-0.25, -0.2) is 0 Å². The molecule has 1 aromatic rings. The maximum absolute atomic E-state index is 12.7. The monoisotopic (exact) mass is 355 g/mol. The number of nitrogens with zero attached hydrogens (tertiary/aromatic N) is 2. The van der Waals surface area contributed by atoms with Crippen LogP contribution in [0.5, 0.6) is 0 Å². The predicted octanol–water partition coefficient (Wildman–Crippen LogP) is 2.48. The van der Waals surface area contributed by atoms with Gasteiger partial charge in [-0.2, -0.15) is 0 Å². The fourth-order valence-corrected chi connectivity index (χ4v) is 4.34. The van der Waals surface area contributed by atoms with E-state index < -0.39 is 0 Å². The van der Waals surface area contributed by atoms with E-state index in [2.05, 4.69) is 22.3 Å². The summed E-state index contributed by atoms with van der Waals surface area (Å²) < 4.78 is 0. The molecule has 0 atom stereocenters. The molecular formula is C17H26ClN3OS. The van der Waals surface area contributed by atoms with E-state index in [1.54, 1.807) is 0 Å². The van der Waals surface area contributed by atoms with Gasteiger partial charge in [0.05, 0.1) is 12.2 Å². The number of piperidine rings is 1. The van der Waals surface area contributed by atoms with Crippen LogP contribution in [-0.2, 0) is 4.79 Å². The molecule has 1 amide bonds. The topological polar surface area (TPSA) is 35.6 Å². The Bertz CT molecular complexity index is 520. The average Bonchev–Trinajstić information content (AvgIpc) is 2.56. The standard InChI is InChI=1S/C17H25N3OS.ClH/c1-18-12-14-6-8-19(9-7-14)13-17(21)20-10-11-22-16-5-3-2-4-15(16)20;/h2-5,14,18H,6-13H2,1H3;1H. The molecule has 0 saturated carbocycles. The molecule has 1 N–H and O–H groups in total. The van der Waals surface area contributed by atoms with E-state index in [1.165, 1.54) is 17.7 Å². The zero-order chi connectivity index (χ0) is 15.4. The summed E-state index contributed by atoms with van der Waals surface area (Å²) in [7, 11) is 2.02. The van der Waals surface area contributed by atoms with Crippen LogP contribution in [0.3, 0.4) is 0 Å². The van der Waals surface area contributed by atoms with Gasteiger partial charge >= 0.3 is 0 Å². The molecule has 2 aliphatic heterocycles. The van der Waals surface area contributed by atoms with Crippen molar-refractivity contribution in [3.63, 3.8) is 0 Å². The van der Waals surface area contributed by atoms with Crippen molar-refractivity contribution in [3.8, 4) is 0 Å². The number of benzene rings is 1. The van der Waals surface area contributed by atoms with Crippen LogP contribution >= 0.6 is 24.2 Å². The predicted molar refractivity (Wildman–Crippen MR) is 99.9 cm³/mol. The number of nitrogens with one attached hydrogen (secondary N) is 1. The van der Waals surface area contributed by atoms with Crippen molar-refractivity contribution in [1.82, 2.24) is 10.2 Å². The molecule has 0 bridgehead atoms. The molecule has 23 heavy (non-hydrogen) atoms. The van der Waals surface area contributed by atoms with Crippen molar-refractivity contribution in [3.05, 3.63) is 24.3 Å². The second-order valence-corrected chi connectivity index (χ2v) is 7.28. The van der Waals surface area contributed by atoms with Crippen LogP contribution in [0.15, 0.2) is 29.2 Å². The smallest absolute Gasteiger partial charge is 0.241 e. The Balaban J connectivity index is 0.00000192. The van der Waals surface area contributed by atoms with E-state index >= 15 is 0 Å². The summed E-state index contributed by atoms with van der Waals surface area (Å²) in [5, 5.41) is 3.26. The maximum atomic E-state index is 12.7. The van der Waals surface area contributed by atoms with Gasteiger partial charge in [-0.05, 0) is 57.6 Å². The van der Waals surface area contributed by atoms with Crippen molar-refractivity contribution in [2.24, 2.45) is 5.92 Å². The number of hydrogen-bond acceptors (Lipinski definition) is 4. The van der Waals surface area contributed by atoms with Gasteiger partial charge in [0.25, 0.3) is 0 Å². The van der Waals surface area contributed by atoms with Crippen LogP contribution in [0.1, 0.15) is 12.8 Å². The third kappa shape index (κ3) is 4.63. The number of likely N-dealkylation sites (tertiary alicyclic amines) is 1. The van der Waals surface area contributed by atoms with Crippen LogP contribution in [0.2, 0.25) is 0 Å². The Kier molecular flexibility index (Phi) is 7.21. The molecule has 0 spiro atoms. The van der Waals surface area contributed by atoms with Gasteiger partial charge in [0.1, 0.15) is 0 Å². The van der Waals surface area contributed by atoms with Crippen LogP contribution in [0.4, 0.5) is 5.69 Å². The highest BCUT2D eigenvalue weighted by atomic mass is 35.5. The molecular weight excluding hydrogens is 330 g/mol. The highest BCUT2D eigenvalue weighted by Crippen LogP contribution is 2.34. The minimum atomic E-state index is 0. The summed E-state index contributed by atoms with van der Waals surface area (Å²) >= 11 is 1.85. The van der Waals surface area contributed by atoms with Gasteiger partial charge in [-0.15, -0.1) is 24.2 Å². The second kappa shape index (κ2) is 8.92. The first-order valence-corrected chi connectivity index (χ1v) is 9.15. The van der Waals surface area contributed by atoms with Crippen molar-refractivity contribution < 1.29 is 4.79 Å². The Morgan fingerprint density at radius 2 is 2.00 bits per heavy atom. The molecule has 0 radical (unpaired) electrons. The van der Waals surface area contributed by atoms with Crippen LogP contribution in [-0.4, -0.2) is 56.3 Å². The van der Waals surface area contributed by atoms with Crippen molar-refractivity contribution in [2.75, 3.05) is 50.4 Å². The molecule has 1 fully saturated rings. The van der Waals surface area contributed by atoms with E-state index in [9.17, 15) is 4.79 Å². The summed E-state index contributed by atoms with van der Waals surface area (Å²) in [6, 6.07) is 8.25. The summed E-state index contributed by atoms with van der Waals surface area (Å²) in [5.74, 6) is 2.01. The molecule has 6 heteroatoms. The van der Waals surface area contributed by atoms with Crippen molar-refractivity contribution in [1.29, 1.82) is 0 Å². The lowest BCUT2D eigenvalue weighted by Gasteiger charge is -2.34. The molecule has 1 saturated heterocycles. The fourth-order valence-electron chi connectivity index (χ4n) is 3.34. The third-order valence-electron chi connectivity index (χ3n) is 4.59. The third-order valence-corrected chi connectivity index (χ3v) is 5.63. The molecule has 128 valence electrons. The van der Waals surface area contributed by atoms with E-state index in [4.69, 9.17) is 0 Å². The van der Waals surface area contributed by atoms with Gasteiger partial charge in [0.15, 0.2) is 0 Å². The van der Waals surface area contributed by atoms with E-state index in [0.29, 0.717) is 6.54 Å². The first-order valence-electron chi connectivity index (χ1n) is 8.17. The van der Waals surface area contributed by atoms with Crippen LogP contribution < -0.4 is 10.2 Å². The molecule has 4 nitrogen and oxygen atoms in total. The molecule has 3 rings (SSSR count).